The zero-order chi connectivity index (χ0) is 20.5. The fraction of sp³-hybridized carbons (Fsp3) is 0.727. The molecule has 6 heteroatoms. The van der Waals surface area contributed by atoms with Crippen LogP contribution in [0.1, 0.15) is 53.0 Å². The lowest BCUT2D eigenvalue weighted by Gasteiger charge is -2.36. The van der Waals surface area contributed by atoms with Crippen molar-refractivity contribution in [2.45, 2.75) is 69.9 Å². The van der Waals surface area contributed by atoms with Gasteiger partial charge >= 0.3 is 0 Å². The molecule has 5 nitrogen and oxygen atoms in total. The van der Waals surface area contributed by atoms with E-state index in [-0.39, 0.29) is 5.41 Å². The highest BCUT2D eigenvalue weighted by molar-refractivity contribution is 7.89. The molecule has 1 aromatic carbocycles. The van der Waals surface area contributed by atoms with E-state index in [9.17, 15) is 8.42 Å². The number of sulfonamides is 1. The Morgan fingerprint density at radius 2 is 1.50 bits per heavy atom. The highest BCUT2D eigenvalue weighted by atomic mass is 32.2. The molecule has 2 aliphatic rings. The summed E-state index contributed by atoms with van der Waals surface area (Å²) in [5.41, 5.74) is 0.698. The number of benzene rings is 1. The zero-order valence-corrected chi connectivity index (χ0v) is 19.0. The van der Waals surface area contributed by atoms with Crippen LogP contribution in [0.5, 0.6) is 0 Å². The van der Waals surface area contributed by atoms with Crippen LogP contribution in [0.25, 0.3) is 0 Å². The summed E-state index contributed by atoms with van der Waals surface area (Å²) in [5, 5.41) is 0. The lowest BCUT2D eigenvalue weighted by Crippen LogP contribution is -2.51. The second-order valence-corrected chi connectivity index (χ2v) is 11.4. The van der Waals surface area contributed by atoms with E-state index in [2.05, 4.69) is 44.4 Å². The van der Waals surface area contributed by atoms with Gasteiger partial charge in [0.05, 0.1) is 4.90 Å². The van der Waals surface area contributed by atoms with Crippen LogP contribution < -0.4 is 0 Å². The predicted octanol–water partition coefficient (Wildman–Crippen LogP) is 3.16. The van der Waals surface area contributed by atoms with Crippen LogP contribution in [-0.4, -0.2) is 73.9 Å². The van der Waals surface area contributed by atoms with Gasteiger partial charge in [0.2, 0.25) is 10.0 Å². The van der Waals surface area contributed by atoms with Gasteiger partial charge in [-0.3, -0.25) is 9.80 Å². The second-order valence-electron chi connectivity index (χ2n) is 9.51. The minimum atomic E-state index is -3.45. The van der Waals surface area contributed by atoms with Gasteiger partial charge < -0.3 is 0 Å². The SMILES string of the molecule is CC1CCC(C)N1CCN1CCN(S(=O)(=O)c2ccccc2C(C)(C)C)CC1. The Labute approximate surface area is 171 Å². The van der Waals surface area contributed by atoms with Crippen molar-refractivity contribution in [3.8, 4) is 0 Å². The molecule has 0 bridgehead atoms. The molecule has 0 spiro atoms. The number of hydrogen-bond donors (Lipinski definition) is 0. The van der Waals surface area contributed by atoms with Crippen molar-refractivity contribution in [2.75, 3.05) is 39.3 Å². The maximum Gasteiger partial charge on any atom is 0.243 e. The quantitative estimate of drug-likeness (QED) is 0.752. The van der Waals surface area contributed by atoms with Gasteiger partial charge in [0.25, 0.3) is 0 Å². The second kappa shape index (κ2) is 8.42. The molecule has 2 atom stereocenters. The molecule has 0 saturated carbocycles. The van der Waals surface area contributed by atoms with E-state index in [1.165, 1.54) is 12.8 Å². The maximum absolute atomic E-state index is 13.3. The van der Waals surface area contributed by atoms with E-state index in [0.717, 1.165) is 31.7 Å². The molecule has 2 heterocycles. The number of nitrogens with zero attached hydrogens (tertiary/aromatic N) is 3. The Hall–Kier alpha value is -0.950. The summed E-state index contributed by atoms with van der Waals surface area (Å²) in [6.07, 6.45) is 2.58. The zero-order valence-electron chi connectivity index (χ0n) is 18.2. The third-order valence-electron chi connectivity index (χ3n) is 6.45. The molecule has 2 aliphatic heterocycles. The van der Waals surface area contributed by atoms with Crippen molar-refractivity contribution >= 4 is 10.0 Å². The Bertz CT molecular complexity index is 754. The molecule has 0 aromatic heterocycles. The minimum Gasteiger partial charge on any atom is -0.299 e. The van der Waals surface area contributed by atoms with Gasteiger partial charge in [-0.15, -0.1) is 0 Å². The first-order valence-corrected chi connectivity index (χ1v) is 12.1. The van der Waals surface area contributed by atoms with Crippen molar-refractivity contribution in [1.82, 2.24) is 14.1 Å². The van der Waals surface area contributed by atoms with E-state index in [1.807, 2.05) is 18.2 Å². The molecule has 2 fully saturated rings. The van der Waals surface area contributed by atoms with Crippen LogP contribution in [-0.2, 0) is 15.4 Å². The molecular formula is C22H37N3O2S. The van der Waals surface area contributed by atoms with Gasteiger partial charge in [0, 0.05) is 51.4 Å². The summed E-state index contributed by atoms with van der Waals surface area (Å²) in [7, 11) is -3.45. The van der Waals surface area contributed by atoms with Crippen molar-refractivity contribution < 1.29 is 8.42 Å². The molecule has 0 radical (unpaired) electrons. The van der Waals surface area contributed by atoms with E-state index >= 15 is 0 Å². The maximum atomic E-state index is 13.3. The van der Waals surface area contributed by atoms with E-state index < -0.39 is 10.0 Å². The molecule has 28 heavy (non-hydrogen) atoms. The lowest BCUT2D eigenvalue weighted by molar-refractivity contribution is 0.141. The van der Waals surface area contributed by atoms with Crippen molar-refractivity contribution in [3.05, 3.63) is 29.8 Å². The van der Waals surface area contributed by atoms with Crippen LogP contribution >= 0.6 is 0 Å². The number of piperazine rings is 1. The van der Waals surface area contributed by atoms with Gasteiger partial charge in [-0.05, 0) is 43.7 Å². The Morgan fingerprint density at radius 3 is 2.07 bits per heavy atom. The Balaban J connectivity index is 1.62. The predicted molar refractivity (Wildman–Crippen MR) is 115 cm³/mol. The first-order valence-electron chi connectivity index (χ1n) is 10.7. The topological polar surface area (TPSA) is 43.9 Å². The number of likely N-dealkylation sites (tertiary alicyclic amines) is 1. The van der Waals surface area contributed by atoms with Crippen molar-refractivity contribution in [3.63, 3.8) is 0 Å². The van der Waals surface area contributed by atoms with Gasteiger partial charge in [-0.1, -0.05) is 39.0 Å². The molecule has 1 aromatic rings. The smallest absolute Gasteiger partial charge is 0.243 e. The Kier molecular flexibility index (Phi) is 6.54. The average molecular weight is 408 g/mol. The van der Waals surface area contributed by atoms with Crippen LogP contribution in [0.4, 0.5) is 0 Å². The van der Waals surface area contributed by atoms with E-state index in [4.69, 9.17) is 0 Å². The normalized spacial score (nSPS) is 26.0. The van der Waals surface area contributed by atoms with Crippen LogP contribution in [0.3, 0.4) is 0 Å². The molecule has 0 amide bonds. The molecule has 0 aliphatic carbocycles. The summed E-state index contributed by atoms with van der Waals surface area (Å²) < 4.78 is 28.3. The molecule has 2 saturated heterocycles. The van der Waals surface area contributed by atoms with Crippen molar-refractivity contribution in [2.24, 2.45) is 0 Å². The van der Waals surface area contributed by atoms with Gasteiger partial charge in [0.15, 0.2) is 0 Å². The van der Waals surface area contributed by atoms with E-state index in [0.29, 0.717) is 30.1 Å². The molecular weight excluding hydrogens is 370 g/mol. The van der Waals surface area contributed by atoms with Crippen LogP contribution in [0.15, 0.2) is 29.2 Å². The first-order chi connectivity index (χ1) is 13.1. The third-order valence-corrected chi connectivity index (χ3v) is 8.41. The summed E-state index contributed by atoms with van der Waals surface area (Å²) in [4.78, 5) is 5.48. The minimum absolute atomic E-state index is 0.200. The number of rotatable bonds is 5. The highest BCUT2D eigenvalue weighted by Crippen LogP contribution is 2.31. The molecule has 158 valence electrons. The average Bonchev–Trinajstić information content (AvgIpc) is 2.97. The summed E-state index contributed by atoms with van der Waals surface area (Å²) in [6, 6.07) is 8.81. The fourth-order valence-electron chi connectivity index (χ4n) is 4.59. The van der Waals surface area contributed by atoms with Crippen LogP contribution in [0, 0.1) is 0 Å². The van der Waals surface area contributed by atoms with Crippen LogP contribution in [0.2, 0.25) is 0 Å². The third kappa shape index (κ3) is 4.61. The largest absolute Gasteiger partial charge is 0.299 e. The lowest BCUT2D eigenvalue weighted by atomic mass is 9.87. The summed E-state index contributed by atoms with van der Waals surface area (Å²) in [5.74, 6) is 0. The van der Waals surface area contributed by atoms with Crippen molar-refractivity contribution in [1.29, 1.82) is 0 Å². The van der Waals surface area contributed by atoms with Gasteiger partial charge in [-0.25, -0.2) is 8.42 Å². The summed E-state index contributed by atoms with van der Waals surface area (Å²) in [6.45, 7) is 15.7. The summed E-state index contributed by atoms with van der Waals surface area (Å²) >= 11 is 0. The fourth-order valence-corrected chi connectivity index (χ4v) is 6.41. The molecule has 2 unspecified atom stereocenters. The standard InChI is InChI=1S/C22H37N3O2S/c1-18-10-11-19(2)25(18)17-14-23-12-15-24(16-13-23)28(26,27)21-9-7-6-8-20(21)22(3,4)5/h6-9,18-19H,10-17H2,1-5H3. The molecule has 3 rings (SSSR count). The van der Waals surface area contributed by atoms with Gasteiger partial charge in [0.1, 0.15) is 0 Å². The molecule has 0 N–H and O–H groups in total. The monoisotopic (exact) mass is 407 g/mol. The highest BCUT2D eigenvalue weighted by Gasteiger charge is 2.33. The Morgan fingerprint density at radius 1 is 0.929 bits per heavy atom. The van der Waals surface area contributed by atoms with Gasteiger partial charge in [-0.2, -0.15) is 4.31 Å². The number of hydrogen-bond acceptors (Lipinski definition) is 4. The first kappa shape index (κ1) is 21.8. The van der Waals surface area contributed by atoms with E-state index in [1.54, 1.807) is 10.4 Å².